The second kappa shape index (κ2) is 5.16. The normalized spacial score (nSPS) is 28.9. The molecule has 1 rings (SSSR count). The Morgan fingerprint density at radius 3 is 1.94 bits per heavy atom. The first-order valence-corrected chi connectivity index (χ1v) is 6.32. The number of carboxylic acids is 1. The molecular formula is C13H23NO4. The van der Waals surface area contributed by atoms with E-state index in [1.54, 1.807) is 4.90 Å². The molecule has 0 radical (unpaired) electrons. The van der Waals surface area contributed by atoms with Gasteiger partial charge in [-0.2, -0.15) is 0 Å². The summed E-state index contributed by atoms with van der Waals surface area (Å²) in [5.74, 6) is -1.28. The van der Waals surface area contributed by atoms with Crippen LogP contribution in [0.2, 0.25) is 0 Å². The summed E-state index contributed by atoms with van der Waals surface area (Å²) in [7, 11) is 0. The topological polar surface area (TPSA) is 66.8 Å². The lowest BCUT2D eigenvalue weighted by Crippen LogP contribution is -2.50. The van der Waals surface area contributed by atoms with E-state index in [9.17, 15) is 9.59 Å². The van der Waals surface area contributed by atoms with Crippen molar-refractivity contribution in [3.63, 3.8) is 0 Å². The number of amides is 1. The summed E-state index contributed by atoms with van der Waals surface area (Å²) >= 11 is 0. The van der Waals surface area contributed by atoms with Gasteiger partial charge in [-0.15, -0.1) is 0 Å². The molecule has 1 aliphatic heterocycles. The predicted molar refractivity (Wildman–Crippen MR) is 67.3 cm³/mol. The van der Waals surface area contributed by atoms with Gasteiger partial charge in [0.15, 0.2) is 0 Å². The summed E-state index contributed by atoms with van der Waals surface area (Å²) < 4.78 is 5.31. The molecule has 0 aliphatic carbocycles. The van der Waals surface area contributed by atoms with Crippen molar-refractivity contribution in [3.05, 3.63) is 0 Å². The highest BCUT2D eigenvalue weighted by molar-refractivity contribution is 5.72. The minimum atomic E-state index is -0.779. The van der Waals surface area contributed by atoms with Crippen molar-refractivity contribution >= 4 is 12.1 Å². The molecule has 1 heterocycles. The van der Waals surface area contributed by atoms with Gasteiger partial charge in [-0.1, -0.05) is 13.8 Å². The fourth-order valence-electron chi connectivity index (χ4n) is 2.52. The number of hydrogen-bond donors (Lipinski definition) is 1. The molecule has 1 amide bonds. The Labute approximate surface area is 108 Å². The van der Waals surface area contributed by atoms with E-state index in [0.717, 1.165) is 0 Å². The van der Waals surface area contributed by atoms with Crippen LogP contribution < -0.4 is 0 Å². The van der Waals surface area contributed by atoms with E-state index in [-0.39, 0.29) is 23.8 Å². The zero-order chi connectivity index (χ0) is 14.1. The third-order valence-electron chi connectivity index (χ3n) is 3.18. The Balaban J connectivity index is 2.68. The number of ether oxygens (including phenoxy) is 1. The molecule has 1 N–H and O–H groups in total. The van der Waals surface area contributed by atoms with E-state index >= 15 is 0 Å². The van der Waals surface area contributed by atoms with E-state index in [1.165, 1.54) is 0 Å². The Kier molecular flexibility index (Phi) is 4.24. The zero-order valence-electron chi connectivity index (χ0n) is 11.8. The summed E-state index contributed by atoms with van der Waals surface area (Å²) in [5.41, 5.74) is -0.521. The van der Waals surface area contributed by atoms with E-state index in [1.807, 2.05) is 34.6 Å². The van der Waals surface area contributed by atoms with Gasteiger partial charge in [-0.05, 0) is 32.6 Å². The smallest absolute Gasteiger partial charge is 0.410 e. The molecule has 2 unspecified atom stereocenters. The molecule has 1 fully saturated rings. The number of carbonyl (C=O) groups excluding carboxylic acids is 1. The van der Waals surface area contributed by atoms with Gasteiger partial charge in [0, 0.05) is 13.1 Å². The first-order chi connectivity index (χ1) is 8.11. The number of piperidine rings is 1. The molecule has 0 aromatic rings. The summed E-state index contributed by atoms with van der Waals surface area (Å²) in [6.45, 7) is 10.1. The number of nitrogens with zero attached hydrogens (tertiary/aromatic N) is 1. The van der Waals surface area contributed by atoms with E-state index in [4.69, 9.17) is 9.84 Å². The maximum Gasteiger partial charge on any atom is 0.410 e. The second-order valence-corrected chi connectivity index (χ2v) is 6.20. The number of carbonyl (C=O) groups is 2. The molecule has 5 nitrogen and oxygen atoms in total. The summed E-state index contributed by atoms with van der Waals surface area (Å²) in [6.07, 6.45) is -0.356. The van der Waals surface area contributed by atoms with Crippen LogP contribution in [0.25, 0.3) is 0 Å². The second-order valence-electron chi connectivity index (χ2n) is 6.20. The van der Waals surface area contributed by atoms with Gasteiger partial charge in [-0.3, -0.25) is 4.79 Å². The number of likely N-dealkylation sites (tertiary alicyclic amines) is 1. The molecule has 0 aromatic carbocycles. The number of rotatable bonds is 1. The minimum absolute atomic E-state index is 0.0567. The third-order valence-corrected chi connectivity index (χ3v) is 3.18. The van der Waals surface area contributed by atoms with Crippen LogP contribution in [0.3, 0.4) is 0 Å². The largest absolute Gasteiger partial charge is 0.481 e. The quantitative estimate of drug-likeness (QED) is 0.782. The highest BCUT2D eigenvalue weighted by atomic mass is 16.6. The summed E-state index contributed by atoms with van der Waals surface area (Å²) in [6, 6.07) is 0. The fourth-order valence-corrected chi connectivity index (χ4v) is 2.52. The standard InChI is InChI=1S/C13H23NO4/c1-8-6-14(12(17)18-13(3,4)5)7-9(2)10(8)11(15)16/h8-10H,6-7H2,1-5H3,(H,15,16). The van der Waals surface area contributed by atoms with Crippen LogP contribution in [0.15, 0.2) is 0 Å². The van der Waals surface area contributed by atoms with Gasteiger partial charge in [-0.25, -0.2) is 4.79 Å². The molecule has 1 aliphatic rings. The molecule has 0 bridgehead atoms. The molecule has 104 valence electrons. The van der Waals surface area contributed by atoms with Crippen molar-refractivity contribution in [2.45, 2.75) is 40.2 Å². The van der Waals surface area contributed by atoms with Gasteiger partial charge < -0.3 is 14.7 Å². The van der Waals surface area contributed by atoms with Gasteiger partial charge in [0.1, 0.15) is 5.60 Å². The van der Waals surface area contributed by atoms with Gasteiger partial charge >= 0.3 is 12.1 Å². The predicted octanol–water partition coefficient (Wildman–Crippen LogP) is 2.21. The van der Waals surface area contributed by atoms with Crippen molar-refractivity contribution in [3.8, 4) is 0 Å². The lowest BCUT2D eigenvalue weighted by molar-refractivity contribution is -0.148. The van der Waals surface area contributed by atoms with Crippen molar-refractivity contribution in [2.75, 3.05) is 13.1 Å². The average Bonchev–Trinajstić information content (AvgIpc) is 2.12. The van der Waals surface area contributed by atoms with Crippen molar-refractivity contribution < 1.29 is 19.4 Å². The van der Waals surface area contributed by atoms with Crippen molar-refractivity contribution in [1.82, 2.24) is 4.90 Å². The van der Waals surface area contributed by atoms with Crippen LogP contribution in [0, 0.1) is 17.8 Å². The van der Waals surface area contributed by atoms with Crippen LogP contribution in [-0.4, -0.2) is 40.8 Å². The Hall–Kier alpha value is -1.26. The molecular weight excluding hydrogens is 234 g/mol. The number of hydrogen-bond acceptors (Lipinski definition) is 3. The molecule has 0 spiro atoms. The maximum absolute atomic E-state index is 11.9. The van der Waals surface area contributed by atoms with E-state index < -0.39 is 11.6 Å². The molecule has 0 aromatic heterocycles. The molecule has 1 saturated heterocycles. The molecule has 0 saturated carbocycles. The van der Waals surface area contributed by atoms with E-state index in [0.29, 0.717) is 13.1 Å². The zero-order valence-corrected chi connectivity index (χ0v) is 11.8. The van der Waals surface area contributed by atoms with Crippen molar-refractivity contribution in [1.29, 1.82) is 0 Å². The average molecular weight is 257 g/mol. The number of carboxylic acid groups (broad SMARTS) is 1. The van der Waals surface area contributed by atoms with E-state index in [2.05, 4.69) is 0 Å². The third kappa shape index (κ3) is 3.62. The molecule has 18 heavy (non-hydrogen) atoms. The maximum atomic E-state index is 11.9. The van der Waals surface area contributed by atoms with Crippen LogP contribution in [0.5, 0.6) is 0 Å². The van der Waals surface area contributed by atoms with Gasteiger partial charge in [0.2, 0.25) is 0 Å². The Morgan fingerprint density at radius 2 is 1.61 bits per heavy atom. The first-order valence-electron chi connectivity index (χ1n) is 6.32. The van der Waals surface area contributed by atoms with Gasteiger partial charge in [0.25, 0.3) is 0 Å². The lowest BCUT2D eigenvalue weighted by Gasteiger charge is -2.39. The molecule has 5 heteroatoms. The Bertz CT molecular complexity index is 322. The van der Waals surface area contributed by atoms with Crippen LogP contribution in [0.4, 0.5) is 4.79 Å². The number of aliphatic carboxylic acids is 1. The van der Waals surface area contributed by atoms with Crippen LogP contribution in [0.1, 0.15) is 34.6 Å². The van der Waals surface area contributed by atoms with Crippen LogP contribution in [-0.2, 0) is 9.53 Å². The minimum Gasteiger partial charge on any atom is -0.481 e. The summed E-state index contributed by atoms with van der Waals surface area (Å²) in [4.78, 5) is 24.7. The highest BCUT2D eigenvalue weighted by Crippen LogP contribution is 2.29. The summed E-state index contributed by atoms with van der Waals surface area (Å²) in [5, 5.41) is 9.16. The van der Waals surface area contributed by atoms with Crippen LogP contribution >= 0.6 is 0 Å². The SMILES string of the molecule is CC1CN(C(=O)OC(C)(C)C)CC(C)C1C(=O)O. The molecule has 2 atom stereocenters. The van der Waals surface area contributed by atoms with Gasteiger partial charge in [0.05, 0.1) is 5.92 Å². The van der Waals surface area contributed by atoms with Crippen molar-refractivity contribution in [2.24, 2.45) is 17.8 Å². The first kappa shape index (κ1) is 14.8. The highest BCUT2D eigenvalue weighted by Gasteiger charge is 2.39. The fraction of sp³-hybridized carbons (Fsp3) is 0.846. The lowest BCUT2D eigenvalue weighted by atomic mass is 9.80. The Morgan fingerprint density at radius 1 is 1.17 bits per heavy atom. The monoisotopic (exact) mass is 257 g/mol.